The van der Waals surface area contributed by atoms with Gasteiger partial charge in [-0.05, 0) is 37.9 Å². The molecule has 0 aliphatic heterocycles. The maximum absolute atomic E-state index is 6.76. The van der Waals surface area contributed by atoms with Crippen LogP contribution >= 0.6 is 23.2 Å². The Labute approximate surface area is 155 Å². The van der Waals surface area contributed by atoms with Gasteiger partial charge in [0.2, 0.25) is 0 Å². The molecule has 24 heavy (non-hydrogen) atoms. The third-order valence-corrected chi connectivity index (χ3v) is 6.19. The maximum Gasteiger partial charge on any atom is 0.0787 e. The zero-order chi connectivity index (χ0) is 17.0. The quantitative estimate of drug-likeness (QED) is 0.734. The standard InChI is InChI=1S/C20H26Cl2N2/c1-23-20(16-9-3-4-10-17(16)21)14-8-5-11-18(20)24-15-19(22)12-6-2-7-13-19/h2-4,6-7,9-10,12,18,23-24H,5,8,11,13-15H2,1H3. The predicted octanol–water partition coefficient (Wildman–Crippen LogP) is 4.78. The summed E-state index contributed by atoms with van der Waals surface area (Å²) in [4.78, 5) is -0.327. The van der Waals surface area contributed by atoms with E-state index in [0.29, 0.717) is 6.04 Å². The third kappa shape index (κ3) is 3.57. The van der Waals surface area contributed by atoms with Gasteiger partial charge in [0, 0.05) is 17.6 Å². The first-order valence-electron chi connectivity index (χ1n) is 8.80. The summed E-state index contributed by atoms with van der Waals surface area (Å²) in [7, 11) is 2.04. The van der Waals surface area contributed by atoms with Crippen molar-refractivity contribution in [3.8, 4) is 0 Å². The number of halogens is 2. The molecule has 0 heterocycles. The van der Waals surface area contributed by atoms with E-state index in [-0.39, 0.29) is 10.4 Å². The van der Waals surface area contributed by atoms with Crippen LogP contribution in [-0.4, -0.2) is 24.5 Å². The average molecular weight is 365 g/mol. The first kappa shape index (κ1) is 18.0. The SMILES string of the molecule is CNC1(c2ccccc2Cl)CCCCC1NCC1(Cl)C=CC=CC1. The van der Waals surface area contributed by atoms with Crippen molar-refractivity contribution in [3.63, 3.8) is 0 Å². The second kappa shape index (κ2) is 7.61. The van der Waals surface area contributed by atoms with Crippen LogP contribution < -0.4 is 10.6 Å². The summed E-state index contributed by atoms with van der Waals surface area (Å²) < 4.78 is 0. The minimum atomic E-state index is -0.327. The smallest absolute Gasteiger partial charge is 0.0787 e. The van der Waals surface area contributed by atoms with Crippen molar-refractivity contribution in [2.24, 2.45) is 0 Å². The fourth-order valence-electron chi connectivity index (χ4n) is 4.09. The molecule has 3 atom stereocenters. The molecule has 2 aliphatic rings. The molecule has 2 aliphatic carbocycles. The fourth-order valence-corrected chi connectivity index (χ4v) is 4.63. The first-order chi connectivity index (χ1) is 11.6. The molecule has 1 aromatic carbocycles. The number of hydrogen-bond donors (Lipinski definition) is 2. The summed E-state index contributed by atoms with van der Waals surface area (Å²) in [6.07, 6.45) is 13.8. The zero-order valence-corrected chi connectivity index (χ0v) is 15.7. The molecule has 0 saturated heterocycles. The normalized spacial score (nSPS) is 32.9. The number of nitrogens with one attached hydrogen (secondary N) is 2. The Morgan fingerprint density at radius 1 is 1.21 bits per heavy atom. The first-order valence-corrected chi connectivity index (χ1v) is 9.56. The van der Waals surface area contributed by atoms with Gasteiger partial charge in [-0.1, -0.05) is 66.9 Å². The van der Waals surface area contributed by atoms with Crippen LogP contribution in [0.3, 0.4) is 0 Å². The monoisotopic (exact) mass is 364 g/mol. The van der Waals surface area contributed by atoms with Gasteiger partial charge < -0.3 is 10.6 Å². The lowest BCUT2D eigenvalue weighted by Gasteiger charge is -2.46. The highest BCUT2D eigenvalue weighted by atomic mass is 35.5. The van der Waals surface area contributed by atoms with Gasteiger partial charge in [0.05, 0.1) is 10.4 Å². The van der Waals surface area contributed by atoms with Gasteiger partial charge >= 0.3 is 0 Å². The Bertz CT molecular complexity index is 628. The Morgan fingerprint density at radius 3 is 2.75 bits per heavy atom. The molecule has 3 rings (SSSR count). The lowest BCUT2D eigenvalue weighted by molar-refractivity contribution is 0.176. The van der Waals surface area contributed by atoms with Gasteiger partial charge in [0.1, 0.15) is 0 Å². The number of allylic oxidation sites excluding steroid dienone is 3. The number of likely N-dealkylation sites (N-methyl/N-ethyl adjacent to an activating group) is 1. The lowest BCUT2D eigenvalue weighted by atomic mass is 9.72. The largest absolute Gasteiger partial charge is 0.310 e. The Hall–Kier alpha value is -0.800. The molecule has 0 spiro atoms. The van der Waals surface area contributed by atoms with E-state index >= 15 is 0 Å². The summed E-state index contributed by atoms with van der Waals surface area (Å²) in [5.74, 6) is 0. The molecular weight excluding hydrogens is 339 g/mol. The molecule has 4 heteroatoms. The topological polar surface area (TPSA) is 24.1 Å². The molecule has 2 N–H and O–H groups in total. The summed E-state index contributed by atoms with van der Waals surface area (Å²) >= 11 is 13.3. The highest BCUT2D eigenvalue weighted by Crippen LogP contribution is 2.40. The van der Waals surface area contributed by atoms with Crippen LogP contribution in [0.5, 0.6) is 0 Å². The summed E-state index contributed by atoms with van der Waals surface area (Å²) in [5, 5.41) is 8.20. The number of rotatable bonds is 5. The van der Waals surface area contributed by atoms with E-state index in [9.17, 15) is 0 Å². The number of alkyl halides is 1. The van der Waals surface area contributed by atoms with Crippen LogP contribution in [0.2, 0.25) is 5.02 Å². The van der Waals surface area contributed by atoms with Crippen LogP contribution in [0, 0.1) is 0 Å². The molecule has 1 saturated carbocycles. The van der Waals surface area contributed by atoms with Crippen molar-refractivity contribution >= 4 is 23.2 Å². The fraction of sp³-hybridized carbons (Fsp3) is 0.500. The van der Waals surface area contributed by atoms with Crippen LogP contribution in [-0.2, 0) is 5.54 Å². The van der Waals surface area contributed by atoms with Crippen molar-refractivity contribution in [2.75, 3.05) is 13.6 Å². The molecule has 0 amide bonds. The molecule has 2 nitrogen and oxygen atoms in total. The van der Waals surface area contributed by atoms with Crippen LogP contribution in [0.1, 0.15) is 37.7 Å². The van der Waals surface area contributed by atoms with E-state index in [0.717, 1.165) is 30.8 Å². The number of hydrogen-bond acceptors (Lipinski definition) is 2. The highest BCUT2D eigenvalue weighted by Gasteiger charge is 2.42. The predicted molar refractivity (Wildman–Crippen MR) is 104 cm³/mol. The maximum atomic E-state index is 6.76. The van der Waals surface area contributed by atoms with Crippen molar-refractivity contribution in [1.82, 2.24) is 10.6 Å². The van der Waals surface area contributed by atoms with Gasteiger partial charge in [0.25, 0.3) is 0 Å². The molecule has 1 aromatic rings. The van der Waals surface area contributed by atoms with E-state index in [2.05, 4.69) is 41.0 Å². The number of benzene rings is 1. The van der Waals surface area contributed by atoms with Crippen LogP contribution in [0.4, 0.5) is 0 Å². The molecule has 1 fully saturated rings. The van der Waals surface area contributed by atoms with Crippen molar-refractivity contribution in [3.05, 3.63) is 59.2 Å². The van der Waals surface area contributed by atoms with Crippen LogP contribution in [0.15, 0.2) is 48.6 Å². The molecule has 3 unspecified atom stereocenters. The molecule has 0 bridgehead atoms. The van der Waals surface area contributed by atoms with Gasteiger partial charge in [-0.15, -0.1) is 11.6 Å². The van der Waals surface area contributed by atoms with Gasteiger partial charge in [0.15, 0.2) is 0 Å². The highest BCUT2D eigenvalue weighted by molar-refractivity contribution is 6.31. The lowest BCUT2D eigenvalue weighted by Crippen LogP contribution is -2.59. The summed E-state index contributed by atoms with van der Waals surface area (Å²) in [6.45, 7) is 0.758. The zero-order valence-electron chi connectivity index (χ0n) is 14.2. The van der Waals surface area contributed by atoms with E-state index in [1.807, 2.05) is 25.3 Å². The van der Waals surface area contributed by atoms with Crippen molar-refractivity contribution in [2.45, 2.75) is 48.6 Å². The van der Waals surface area contributed by atoms with E-state index in [1.54, 1.807) is 0 Å². The van der Waals surface area contributed by atoms with Crippen molar-refractivity contribution in [1.29, 1.82) is 0 Å². The Kier molecular flexibility index (Phi) is 5.71. The molecule has 130 valence electrons. The molecule has 0 aromatic heterocycles. The minimum Gasteiger partial charge on any atom is -0.310 e. The third-order valence-electron chi connectivity index (χ3n) is 5.45. The average Bonchev–Trinajstić information content (AvgIpc) is 2.61. The van der Waals surface area contributed by atoms with Crippen molar-refractivity contribution < 1.29 is 0 Å². The Balaban J connectivity index is 1.83. The summed E-state index contributed by atoms with van der Waals surface area (Å²) in [5.41, 5.74) is 1.05. The molecule has 0 radical (unpaired) electrons. The Morgan fingerprint density at radius 2 is 2.04 bits per heavy atom. The molecular formula is C20H26Cl2N2. The second-order valence-corrected chi connectivity index (χ2v) is 8.07. The van der Waals surface area contributed by atoms with E-state index in [1.165, 1.54) is 18.4 Å². The van der Waals surface area contributed by atoms with Crippen LogP contribution in [0.25, 0.3) is 0 Å². The summed E-state index contributed by atoms with van der Waals surface area (Å²) in [6, 6.07) is 8.51. The van der Waals surface area contributed by atoms with Gasteiger partial charge in [-0.25, -0.2) is 0 Å². The van der Waals surface area contributed by atoms with E-state index in [4.69, 9.17) is 23.2 Å². The van der Waals surface area contributed by atoms with Gasteiger partial charge in [-0.2, -0.15) is 0 Å². The minimum absolute atomic E-state index is 0.141. The second-order valence-electron chi connectivity index (χ2n) is 6.91. The van der Waals surface area contributed by atoms with E-state index < -0.39 is 0 Å². The van der Waals surface area contributed by atoms with Gasteiger partial charge in [-0.3, -0.25) is 0 Å².